The van der Waals surface area contributed by atoms with Crippen LogP contribution in [0.4, 0.5) is 0 Å². The van der Waals surface area contributed by atoms with Crippen molar-refractivity contribution in [2.75, 3.05) is 65.9 Å². The van der Waals surface area contributed by atoms with Crippen molar-refractivity contribution in [3.63, 3.8) is 0 Å². The lowest BCUT2D eigenvalue weighted by Crippen LogP contribution is -2.43. The second-order valence-electron chi connectivity index (χ2n) is 19.3. The fraction of sp³-hybridized carbons (Fsp3) is 0.745. The molecule has 22 nitrogen and oxygen atoms in total. The summed E-state index contributed by atoms with van der Waals surface area (Å²) in [5.41, 5.74) is 0.686. The van der Waals surface area contributed by atoms with Crippen LogP contribution in [0.3, 0.4) is 0 Å². The van der Waals surface area contributed by atoms with Crippen LogP contribution >= 0.6 is 7.82 Å². The fourth-order valence-corrected chi connectivity index (χ4v) is 7.97. The first-order valence-corrected chi connectivity index (χ1v) is 29.6. The molecule has 3 atom stereocenters. The molecule has 0 radical (unpaired) electrons. The number of ether oxygens (including phenoxy) is 4. The molecule has 1 rings (SSSR count). The molecule has 0 unspecified atom stereocenters. The number of aliphatic carboxylic acids is 2. The number of phosphoric ester groups is 1. The van der Waals surface area contributed by atoms with Crippen LogP contribution in [-0.2, 0) is 68.3 Å². The Morgan fingerprint density at radius 1 is 0.564 bits per heavy atom. The largest absolute Gasteiger partial charge is 0.524 e. The average Bonchev–Trinajstić information content (AvgIpc) is 3.38. The number of rotatable bonds is 50. The molecule has 0 aliphatic heterocycles. The number of hydrogen-bond acceptors (Lipinski definition) is 14. The van der Waals surface area contributed by atoms with E-state index in [0.717, 1.165) is 44.9 Å². The van der Waals surface area contributed by atoms with Gasteiger partial charge in [-0.05, 0) is 69.6 Å². The fourth-order valence-electron chi connectivity index (χ4n) is 7.57. The summed E-state index contributed by atoms with van der Waals surface area (Å²) in [6, 6.07) is 4.17. The van der Waals surface area contributed by atoms with Crippen LogP contribution in [0.1, 0.15) is 182 Å². The summed E-state index contributed by atoms with van der Waals surface area (Å²) in [7, 11) is -4.67. The Balaban J connectivity index is 0. The van der Waals surface area contributed by atoms with Crippen molar-refractivity contribution in [3.05, 3.63) is 29.8 Å². The van der Waals surface area contributed by atoms with E-state index < -0.39 is 31.8 Å². The topological polar surface area (TPSA) is 329 Å². The molecule has 0 saturated heterocycles. The lowest BCUT2D eigenvalue weighted by Gasteiger charge is -2.19. The van der Waals surface area contributed by atoms with Crippen LogP contribution in [0, 0.1) is 5.92 Å². The molecule has 0 heterocycles. The van der Waals surface area contributed by atoms with Gasteiger partial charge in [0, 0.05) is 52.7 Å². The number of unbranched alkanes of at least 4 members (excludes halogenated alkanes) is 14. The summed E-state index contributed by atoms with van der Waals surface area (Å²) in [5.74, 6) is -3.35. The number of carboxylic acid groups (broad SMARTS) is 2. The van der Waals surface area contributed by atoms with Crippen molar-refractivity contribution in [2.45, 2.75) is 194 Å². The van der Waals surface area contributed by atoms with Crippen LogP contribution in [0.2, 0.25) is 0 Å². The summed E-state index contributed by atoms with van der Waals surface area (Å²) >= 11 is 0. The number of hydrogen-bond donors (Lipinski definition) is 8. The minimum atomic E-state index is -4.67. The van der Waals surface area contributed by atoms with E-state index in [0.29, 0.717) is 83.6 Å². The van der Waals surface area contributed by atoms with Gasteiger partial charge in [-0.25, -0.2) is 9.36 Å². The molecule has 1 aromatic rings. The minimum absolute atomic E-state index is 0. The van der Waals surface area contributed by atoms with E-state index >= 15 is 0 Å². The third kappa shape index (κ3) is 46.1. The molecule has 0 spiro atoms. The second kappa shape index (κ2) is 48.1. The van der Waals surface area contributed by atoms with Gasteiger partial charge in [0.05, 0.1) is 39.1 Å². The summed E-state index contributed by atoms with van der Waals surface area (Å²) in [4.78, 5) is 111. The number of nitrogens with one attached hydrogen (secondary N) is 4. The van der Waals surface area contributed by atoms with E-state index in [1.807, 2.05) is 6.92 Å². The smallest absolute Gasteiger partial charge is 0.481 e. The van der Waals surface area contributed by atoms with E-state index in [-0.39, 0.29) is 94.0 Å². The van der Waals surface area contributed by atoms with E-state index in [9.17, 15) is 48.0 Å². The van der Waals surface area contributed by atoms with Crippen molar-refractivity contribution < 1.29 is 87.8 Å². The maximum atomic E-state index is 12.7. The number of phosphoric acid groups is 1. The molecule has 1 aromatic carbocycles. The van der Waals surface area contributed by atoms with Crippen LogP contribution in [0.15, 0.2) is 24.3 Å². The molecular weight excluding hydrogens is 1040 g/mol. The van der Waals surface area contributed by atoms with Crippen LogP contribution < -0.4 is 25.8 Å². The third-order valence-electron chi connectivity index (χ3n) is 12.1. The molecule has 0 aromatic heterocycles. The van der Waals surface area contributed by atoms with Gasteiger partial charge in [0.15, 0.2) is 5.78 Å². The Morgan fingerprint density at radius 2 is 1.06 bits per heavy atom. The Hall–Kier alpha value is -4.83. The van der Waals surface area contributed by atoms with Crippen LogP contribution in [-0.4, -0.2) is 145 Å². The summed E-state index contributed by atoms with van der Waals surface area (Å²) < 4.78 is 36.6. The minimum Gasteiger partial charge on any atom is -0.481 e. The van der Waals surface area contributed by atoms with Gasteiger partial charge in [-0.15, -0.1) is 0 Å². The third-order valence-corrected chi connectivity index (χ3v) is 12.6. The first-order valence-electron chi connectivity index (χ1n) is 28.0. The molecule has 8 N–H and O–H groups in total. The van der Waals surface area contributed by atoms with Gasteiger partial charge >= 0.3 is 19.8 Å². The van der Waals surface area contributed by atoms with Gasteiger partial charge in [0.1, 0.15) is 30.8 Å². The first kappa shape index (κ1) is 73.2. The van der Waals surface area contributed by atoms with Crippen LogP contribution in [0.25, 0.3) is 0 Å². The molecule has 0 fully saturated rings. The maximum absolute atomic E-state index is 12.7. The van der Waals surface area contributed by atoms with E-state index in [1.165, 1.54) is 70.4 Å². The summed E-state index contributed by atoms with van der Waals surface area (Å²) in [5, 5.41) is 28.5. The van der Waals surface area contributed by atoms with Gasteiger partial charge in [-0.3, -0.25) is 43.3 Å². The zero-order valence-corrected chi connectivity index (χ0v) is 47.9. The molecule has 23 heteroatoms. The number of benzene rings is 1. The molecule has 4 amide bonds. The predicted octanol–water partition coefficient (Wildman–Crippen LogP) is 7.18. The zero-order chi connectivity index (χ0) is 58.2. The SMILES string of the molecule is CCC(=O)CC[C@H](NC(=O)CCCCCCCCCCCCCCCCC(=O)O)C(=O)O.CCCOCCOCC(=O)NCCOCCOCC(=O)NCCCC[C@H](C)C(=O)N[C@@H](Cc1ccc(OP(=O)(O)O)cc1)C(C)=O.[HH]. The van der Waals surface area contributed by atoms with Crippen molar-refractivity contribution >= 4 is 55.0 Å². The van der Waals surface area contributed by atoms with E-state index in [1.54, 1.807) is 26.0 Å². The number of carbonyl (C=O) groups excluding carboxylic acids is 6. The number of Topliss-reactive ketones (excluding diaryl/α,β-unsaturated/α-hetero) is 2. The lowest BCUT2D eigenvalue weighted by molar-refractivity contribution is -0.142. The first-order chi connectivity index (χ1) is 37.3. The van der Waals surface area contributed by atoms with Crippen molar-refractivity contribution in [1.29, 1.82) is 0 Å². The van der Waals surface area contributed by atoms with Gasteiger partial charge < -0.3 is 55.0 Å². The van der Waals surface area contributed by atoms with Crippen molar-refractivity contribution in [1.82, 2.24) is 21.3 Å². The van der Waals surface area contributed by atoms with Gasteiger partial charge in [0.2, 0.25) is 23.6 Å². The van der Waals surface area contributed by atoms with E-state index in [4.69, 9.17) is 33.8 Å². The second-order valence-corrected chi connectivity index (χ2v) is 20.4. The molecular formula is C55H97N4O18P. The van der Waals surface area contributed by atoms with Gasteiger partial charge in [0.25, 0.3) is 0 Å². The highest BCUT2D eigenvalue weighted by Crippen LogP contribution is 2.37. The zero-order valence-electron chi connectivity index (χ0n) is 47.0. The molecule has 0 aliphatic rings. The number of amides is 4. The standard InChI is InChI=1S/C30H50N3O12P.C25H45NO6.H2/c1-4-14-41-16-18-43-22-29(36)32-13-15-42-17-19-44-21-28(35)31-12-6-5-7-23(2)30(37)33-27(24(3)34)20-25-8-10-26(11-9-25)45-46(38,39)40;1-2-21(27)19-20-22(25(31)32)26-23(28)17-15-13-11-9-7-5-3-4-6-8-10-12-14-16-18-24(29)30;/h8-11,23,27H,4-7,12-22H2,1-3H3,(H,31,35)(H,32,36)(H,33,37)(H2,38,39,40);22H,2-20H2,1H3,(H,26,28)(H,29,30)(H,31,32);1H/t23-,27-;22-;/m00./s1. The Morgan fingerprint density at radius 3 is 1.55 bits per heavy atom. The number of carboxylic acids is 2. The Bertz CT molecular complexity index is 1880. The Kier molecular flexibility index (Phi) is 45.1. The average molecular weight is 1130 g/mol. The summed E-state index contributed by atoms with van der Waals surface area (Å²) in [6.07, 6.45) is 20.1. The highest BCUT2D eigenvalue weighted by molar-refractivity contribution is 7.46. The van der Waals surface area contributed by atoms with Crippen molar-refractivity contribution in [3.8, 4) is 5.75 Å². The highest BCUT2D eigenvalue weighted by Gasteiger charge is 2.23. The highest BCUT2D eigenvalue weighted by atomic mass is 31.2. The molecule has 450 valence electrons. The Labute approximate surface area is 464 Å². The monoisotopic (exact) mass is 1130 g/mol. The number of ketones is 2. The van der Waals surface area contributed by atoms with Gasteiger partial charge in [-0.2, -0.15) is 0 Å². The molecule has 0 aliphatic carbocycles. The molecule has 0 bridgehead atoms. The normalized spacial score (nSPS) is 12.3. The predicted molar refractivity (Wildman–Crippen MR) is 296 cm³/mol. The van der Waals surface area contributed by atoms with Crippen molar-refractivity contribution in [2.24, 2.45) is 5.92 Å². The van der Waals surface area contributed by atoms with Gasteiger partial charge in [-0.1, -0.05) is 116 Å². The molecule has 0 saturated carbocycles. The lowest BCUT2D eigenvalue weighted by atomic mass is 9.99. The maximum Gasteiger partial charge on any atom is 0.524 e. The summed E-state index contributed by atoms with van der Waals surface area (Å²) in [6.45, 7) is 9.84. The van der Waals surface area contributed by atoms with Crippen LogP contribution in [0.5, 0.6) is 5.75 Å². The molecule has 78 heavy (non-hydrogen) atoms. The van der Waals surface area contributed by atoms with E-state index in [2.05, 4.69) is 25.8 Å². The number of carbonyl (C=O) groups is 8. The quantitative estimate of drug-likeness (QED) is 0.0237.